The van der Waals surface area contributed by atoms with Gasteiger partial charge in [0.2, 0.25) is 6.41 Å². The SMILES string of the molecule is CCC1CC1NC=O. The van der Waals surface area contributed by atoms with E-state index in [4.69, 9.17) is 0 Å². The second-order valence-electron chi connectivity index (χ2n) is 2.30. The van der Waals surface area contributed by atoms with Crippen molar-refractivity contribution in [2.24, 2.45) is 5.92 Å². The van der Waals surface area contributed by atoms with Gasteiger partial charge in [0.25, 0.3) is 0 Å². The standard InChI is InChI=1S/C6H11NO/c1-2-5-3-6(5)7-4-8/h4-6H,2-3H2,1H3,(H,7,8). The molecule has 1 amide bonds. The highest BCUT2D eigenvalue weighted by atomic mass is 16.1. The molecule has 0 saturated heterocycles. The summed E-state index contributed by atoms with van der Waals surface area (Å²) in [5.74, 6) is 0.778. The Kier molecular flexibility index (Phi) is 1.51. The van der Waals surface area contributed by atoms with Crippen molar-refractivity contribution >= 4 is 6.41 Å². The third-order valence-corrected chi connectivity index (χ3v) is 1.73. The van der Waals surface area contributed by atoms with E-state index in [1.165, 1.54) is 12.8 Å². The van der Waals surface area contributed by atoms with Crippen LogP contribution in [0.25, 0.3) is 0 Å². The fourth-order valence-electron chi connectivity index (χ4n) is 0.990. The summed E-state index contributed by atoms with van der Waals surface area (Å²) in [5.41, 5.74) is 0. The van der Waals surface area contributed by atoms with Gasteiger partial charge in [0, 0.05) is 6.04 Å². The fraction of sp³-hybridized carbons (Fsp3) is 0.833. The van der Waals surface area contributed by atoms with E-state index >= 15 is 0 Å². The molecular weight excluding hydrogens is 102 g/mol. The molecule has 0 aromatic heterocycles. The van der Waals surface area contributed by atoms with Crippen molar-refractivity contribution in [1.29, 1.82) is 0 Å². The topological polar surface area (TPSA) is 29.1 Å². The minimum Gasteiger partial charge on any atom is -0.356 e. The highest BCUT2D eigenvalue weighted by Gasteiger charge is 2.34. The first-order valence-corrected chi connectivity index (χ1v) is 3.08. The van der Waals surface area contributed by atoms with Crippen molar-refractivity contribution in [3.8, 4) is 0 Å². The molecule has 1 saturated carbocycles. The second kappa shape index (κ2) is 2.16. The lowest BCUT2D eigenvalue weighted by Gasteiger charge is -1.90. The second-order valence-corrected chi connectivity index (χ2v) is 2.30. The summed E-state index contributed by atoms with van der Waals surface area (Å²) in [6, 6.07) is 0.512. The molecule has 0 aliphatic heterocycles. The third-order valence-electron chi connectivity index (χ3n) is 1.73. The zero-order valence-corrected chi connectivity index (χ0v) is 5.05. The van der Waals surface area contributed by atoms with Crippen LogP contribution >= 0.6 is 0 Å². The molecule has 2 heteroatoms. The first-order chi connectivity index (χ1) is 3.88. The van der Waals surface area contributed by atoms with Crippen molar-refractivity contribution in [2.45, 2.75) is 25.8 Å². The van der Waals surface area contributed by atoms with Crippen LogP contribution in [0.5, 0.6) is 0 Å². The molecule has 0 radical (unpaired) electrons. The number of amides is 1. The molecule has 0 heterocycles. The number of rotatable bonds is 3. The minimum atomic E-state index is 0.512. The predicted octanol–water partition coefficient (Wildman–Crippen LogP) is 0.531. The Morgan fingerprint density at radius 2 is 2.62 bits per heavy atom. The van der Waals surface area contributed by atoms with Gasteiger partial charge in [-0.3, -0.25) is 4.79 Å². The van der Waals surface area contributed by atoms with Gasteiger partial charge in [-0.25, -0.2) is 0 Å². The van der Waals surface area contributed by atoms with E-state index in [9.17, 15) is 4.79 Å². The number of carbonyl (C=O) groups is 1. The Morgan fingerprint density at radius 3 is 3.00 bits per heavy atom. The summed E-state index contributed by atoms with van der Waals surface area (Å²) in [6.07, 6.45) is 3.18. The molecule has 0 aromatic carbocycles. The molecule has 0 aromatic rings. The van der Waals surface area contributed by atoms with Gasteiger partial charge in [0.15, 0.2) is 0 Å². The van der Waals surface area contributed by atoms with Crippen LogP contribution in [-0.4, -0.2) is 12.5 Å². The van der Waals surface area contributed by atoms with Gasteiger partial charge >= 0.3 is 0 Å². The first-order valence-electron chi connectivity index (χ1n) is 3.08. The lowest BCUT2D eigenvalue weighted by atomic mass is 10.3. The summed E-state index contributed by atoms with van der Waals surface area (Å²) in [6.45, 7) is 2.15. The van der Waals surface area contributed by atoms with Crippen LogP contribution in [0.15, 0.2) is 0 Å². The van der Waals surface area contributed by atoms with Crippen molar-refractivity contribution in [2.75, 3.05) is 0 Å². The summed E-state index contributed by atoms with van der Waals surface area (Å²) in [4.78, 5) is 9.81. The number of hydrogen-bond donors (Lipinski definition) is 1. The molecule has 0 bridgehead atoms. The molecule has 0 spiro atoms. The van der Waals surface area contributed by atoms with Crippen LogP contribution in [0.4, 0.5) is 0 Å². The molecule has 2 nitrogen and oxygen atoms in total. The molecule has 1 aliphatic rings. The van der Waals surface area contributed by atoms with E-state index in [1.807, 2.05) is 0 Å². The Hall–Kier alpha value is -0.530. The molecule has 1 N–H and O–H groups in total. The van der Waals surface area contributed by atoms with Crippen molar-refractivity contribution in [1.82, 2.24) is 5.32 Å². The normalized spacial score (nSPS) is 34.1. The lowest BCUT2D eigenvalue weighted by Crippen LogP contribution is -2.14. The van der Waals surface area contributed by atoms with Crippen LogP contribution in [0, 0.1) is 5.92 Å². The van der Waals surface area contributed by atoms with Crippen LogP contribution in [0.3, 0.4) is 0 Å². The summed E-state index contributed by atoms with van der Waals surface area (Å²) < 4.78 is 0. The van der Waals surface area contributed by atoms with E-state index in [2.05, 4.69) is 12.2 Å². The van der Waals surface area contributed by atoms with E-state index in [-0.39, 0.29) is 0 Å². The third kappa shape index (κ3) is 0.997. The summed E-state index contributed by atoms with van der Waals surface area (Å²) in [7, 11) is 0. The Balaban J connectivity index is 2.07. The van der Waals surface area contributed by atoms with Crippen molar-refractivity contribution < 1.29 is 4.79 Å². The molecule has 8 heavy (non-hydrogen) atoms. The Bertz CT molecular complexity index is 92.5. The van der Waals surface area contributed by atoms with Crippen molar-refractivity contribution in [3.63, 3.8) is 0 Å². The van der Waals surface area contributed by atoms with Gasteiger partial charge in [0.05, 0.1) is 0 Å². The first kappa shape index (κ1) is 5.60. The molecular formula is C6H11NO. The zero-order chi connectivity index (χ0) is 5.98. The highest BCUT2D eigenvalue weighted by Crippen LogP contribution is 2.32. The maximum atomic E-state index is 9.81. The van der Waals surface area contributed by atoms with Crippen LogP contribution in [0.1, 0.15) is 19.8 Å². The maximum Gasteiger partial charge on any atom is 0.207 e. The molecule has 46 valence electrons. The lowest BCUT2D eigenvalue weighted by molar-refractivity contribution is -0.109. The van der Waals surface area contributed by atoms with Gasteiger partial charge in [-0.2, -0.15) is 0 Å². The molecule has 1 aliphatic carbocycles. The Morgan fingerprint density at radius 1 is 1.88 bits per heavy atom. The average molecular weight is 113 g/mol. The van der Waals surface area contributed by atoms with E-state index in [0.717, 1.165) is 12.3 Å². The fourth-order valence-corrected chi connectivity index (χ4v) is 0.990. The van der Waals surface area contributed by atoms with Crippen LogP contribution < -0.4 is 5.32 Å². The van der Waals surface area contributed by atoms with E-state index in [0.29, 0.717) is 6.04 Å². The van der Waals surface area contributed by atoms with Gasteiger partial charge in [-0.15, -0.1) is 0 Å². The number of hydrogen-bond acceptors (Lipinski definition) is 1. The predicted molar refractivity (Wildman–Crippen MR) is 31.4 cm³/mol. The van der Waals surface area contributed by atoms with E-state index < -0.39 is 0 Å². The maximum absolute atomic E-state index is 9.81. The smallest absolute Gasteiger partial charge is 0.207 e. The van der Waals surface area contributed by atoms with Gasteiger partial charge in [0.1, 0.15) is 0 Å². The molecule has 1 rings (SSSR count). The largest absolute Gasteiger partial charge is 0.356 e. The average Bonchev–Trinajstić information content (AvgIpc) is 2.48. The quantitative estimate of drug-likeness (QED) is 0.531. The summed E-state index contributed by atoms with van der Waals surface area (Å²) >= 11 is 0. The molecule has 2 atom stereocenters. The zero-order valence-electron chi connectivity index (χ0n) is 5.05. The number of carbonyl (C=O) groups excluding carboxylic acids is 1. The van der Waals surface area contributed by atoms with Gasteiger partial charge < -0.3 is 5.32 Å². The summed E-state index contributed by atoms with van der Waals surface area (Å²) in [5, 5.41) is 2.74. The minimum absolute atomic E-state index is 0.512. The van der Waals surface area contributed by atoms with E-state index in [1.54, 1.807) is 0 Å². The van der Waals surface area contributed by atoms with Crippen LogP contribution in [0.2, 0.25) is 0 Å². The highest BCUT2D eigenvalue weighted by molar-refractivity contribution is 5.47. The van der Waals surface area contributed by atoms with Crippen molar-refractivity contribution in [3.05, 3.63) is 0 Å². The molecule has 2 unspecified atom stereocenters. The monoisotopic (exact) mass is 113 g/mol. The van der Waals surface area contributed by atoms with Gasteiger partial charge in [-0.1, -0.05) is 13.3 Å². The van der Waals surface area contributed by atoms with Gasteiger partial charge in [-0.05, 0) is 12.3 Å². The van der Waals surface area contributed by atoms with Crippen LogP contribution in [-0.2, 0) is 4.79 Å². The number of nitrogens with one attached hydrogen (secondary N) is 1. The molecule has 1 fully saturated rings. The Labute approximate surface area is 49.3 Å².